The summed E-state index contributed by atoms with van der Waals surface area (Å²) in [4.78, 5) is 14.5. The summed E-state index contributed by atoms with van der Waals surface area (Å²) in [5, 5.41) is 5.80. The first kappa shape index (κ1) is 19.8. The van der Waals surface area contributed by atoms with Gasteiger partial charge in [-0.15, -0.1) is 0 Å². The highest BCUT2D eigenvalue weighted by Crippen LogP contribution is 2.23. The van der Waals surface area contributed by atoms with Gasteiger partial charge in [-0.3, -0.25) is 0 Å². The van der Waals surface area contributed by atoms with Crippen molar-refractivity contribution in [3.8, 4) is 0 Å². The molecule has 0 atom stereocenters. The number of para-hydroxylation sites is 1. The smallest absolute Gasteiger partial charge is 0.323 e. The van der Waals surface area contributed by atoms with Gasteiger partial charge in [-0.1, -0.05) is 18.2 Å². The maximum Gasteiger partial charge on any atom is 0.323 e. The van der Waals surface area contributed by atoms with E-state index < -0.39 is 0 Å². The SMILES string of the molecule is CCN(CC)c1ccc(NC(=O)Nc2ccccc2C)c(C)c1.[Cl-]. The van der Waals surface area contributed by atoms with Crippen molar-refractivity contribution >= 4 is 23.1 Å². The van der Waals surface area contributed by atoms with Crippen molar-refractivity contribution in [3.05, 3.63) is 53.6 Å². The molecule has 0 heterocycles. The van der Waals surface area contributed by atoms with E-state index in [-0.39, 0.29) is 18.4 Å². The topological polar surface area (TPSA) is 44.4 Å². The first-order valence-electron chi connectivity index (χ1n) is 8.04. The van der Waals surface area contributed by atoms with Gasteiger partial charge in [0, 0.05) is 30.2 Å². The van der Waals surface area contributed by atoms with Crippen molar-refractivity contribution in [3.63, 3.8) is 0 Å². The van der Waals surface area contributed by atoms with Crippen molar-refractivity contribution in [2.24, 2.45) is 0 Å². The summed E-state index contributed by atoms with van der Waals surface area (Å²) in [6.45, 7) is 10.2. The highest BCUT2D eigenvalue weighted by molar-refractivity contribution is 6.00. The van der Waals surface area contributed by atoms with Crippen LogP contribution in [0, 0.1) is 13.8 Å². The van der Waals surface area contributed by atoms with Gasteiger partial charge in [-0.25, -0.2) is 4.79 Å². The molecule has 0 aliphatic heterocycles. The second kappa shape index (κ2) is 9.18. The fourth-order valence-corrected chi connectivity index (χ4v) is 2.56. The highest BCUT2D eigenvalue weighted by Gasteiger charge is 2.08. The van der Waals surface area contributed by atoms with Crippen LogP contribution in [-0.2, 0) is 0 Å². The Morgan fingerprint density at radius 2 is 1.50 bits per heavy atom. The minimum absolute atomic E-state index is 0. The van der Waals surface area contributed by atoms with Gasteiger partial charge in [0.25, 0.3) is 0 Å². The first-order chi connectivity index (χ1) is 11.0. The monoisotopic (exact) mass is 346 g/mol. The molecule has 2 aromatic rings. The van der Waals surface area contributed by atoms with Gasteiger partial charge in [0.2, 0.25) is 0 Å². The van der Waals surface area contributed by atoms with Crippen LogP contribution >= 0.6 is 0 Å². The van der Waals surface area contributed by atoms with Crippen LogP contribution in [0.5, 0.6) is 0 Å². The standard InChI is InChI=1S/C19H25N3O.ClH/c1-5-22(6-2)16-11-12-18(15(4)13-16)21-19(23)20-17-10-8-7-9-14(17)3;/h7-13H,5-6H2,1-4H3,(H2,20,21,23);1H/p-1. The molecule has 0 aliphatic carbocycles. The summed E-state index contributed by atoms with van der Waals surface area (Å²) in [6.07, 6.45) is 0. The lowest BCUT2D eigenvalue weighted by molar-refractivity contribution is -0.00000776. The van der Waals surface area contributed by atoms with E-state index >= 15 is 0 Å². The van der Waals surface area contributed by atoms with E-state index in [4.69, 9.17) is 0 Å². The van der Waals surface area contributed by atoms with E-state index in [1.54, 1.807) is 0 Å². The summed E-state index contributed by atoms with van der Waals surface area (Å²) in [5.74, 6) is 0. The van der Waals surface area contributed by atoms with Gasteiger partial charge < -0.3 is 27.9 Å². The predicted molar refractivity (Wildman–Crippen MR) is 98.6 cm³/mol. The molecule has 0 radical (unpaired) electrons. The predicted octanol–water partition coefficient (Wildman–Crippen LogP) is 1.80. The van der Waals surface area contributed by atoms with Crippen LogP contribution in [0.25, 0.3) is 0 Å². The molecule has 2 N–H and O–H groups in total. The van der Waals surface area contributed by atoms with E-state index in [0.717, 1.165) is 35.6 Å². The largest absolute Gasteiger partial charge is 1.00 e. The number of nitrogens with one attached hydrogen (secondary N) is 2. The third-order valence-electron chi connectivity index (χ3n) is 3.98. The zero-order valence-electron chi connectivity index (χ0n) is 14.7. The number of rotatable bonds is 5. The number of carbonyl (C=O) groups is 1. The number of halogens is 1. The number of benzene rings is 2. The van der Waals surface area contributed by atoms with Gasteiger partial charge in [0.1, 0.15) is 0 Å². The molecule has 0 saturated heterocycles. The summed E-state index contributed by atoms with van der Waals surface area (Å²) in [5.41, 5.74) is 4.91. The Labute approximate surface area is 150 Å². The molecule has 0 spiro atoms. The third kappa shape index (κ3) is 4.90. The van der Waals surface area contributed by atoms with Crippen molar-refractivity contribution < 1.29 is 17.2 Å². The third-order valence-corrected chi connectivity index (χ3v) is 3.98. The fourth-order valence-electron chi connectivity index (χ4n) is 2.56. The number of nitrogens with zero attached hydrogens (tertiary/aromatic N) is 1. The Kier molecular flexibility index (Phi) is 7.59. The van der Waals surface area contributed by atoms with Crippen LogP contribution < -0.4 is 27.9 Å². The Hall–Kier alpha value is -2.20. The summed E-state index contributed by atoms with van der Waals surface area (Å²) >= 11 is 0. The average Bonchev–Trinajstić information content (AvgIpc) is 2.53. The first-order valence-corrected chi connectivity index (χ1v) is 8.04. The van der Waals surface area contributed by atoms with Gasteiger partial charge in [-0.2, -0.15) is 0 Å². The van der Waals surface area contributed by atoms with Crippen LogP contribution in [0.4, 0.5) is 21.9 Å². The maximum absolute atomic E-state index is 12.2. The second-order valence-corrected chi connectivity index (χ2v) is 5.57. The second-order valence-electron chi connectivity index (χ2n) is 5.57. The number of amides is 2. The molecule has 0 aliphatic rings. The van der Waals surface area contributed by atoms with E-state index in [9.17, 15) is 4.79 Å². The fraction of sp³-hybridized carbons (Fsp3) is 0.316. The highest BCUT2D eigenvalue weighted by atomic mass is 35.5. The number of hydrogen-bond donors (Lipinski definition) is 2. The molecule has 0 aromatic heterocycles. The molecule has 0 bridgehead atoms. The van der Waals surface area contributed by atoms with Crippen molar-refractivity contribution in [2.75, 3.05) is 28.6 Å². The minimum atomic E-state index is -0.224. The molecule has 2 rings (SSSR count). The molecular formula is C19H25ClN3O-. The van der Waals surface area contributed by atoms with Gasteiger partial charge in [0.05, 0.1) is 0 Å². The summed E-state index contributed by atoms with van der Waals surface area (Å²) < 4.78 is 0. The number of hydrogen-bond acceptors (Lipinski definition) is 2. The molecule has 0 unspecified atom stereocenters. The molecule has 0 fully saturated rings. The van der Waals surface area contributed by atoms with Gasteiger partial charge >= 0.3 is 6.03 Å². The lowest BCUT2D eigenvalue weighted by Crippen LogP contribution is -3.00. The molecular weight excluding hydrogens is 322 g/mol. The molecule has 24 heavy (non-hydrogen) atoms. The van der Waals surface area contributed by atoms with Crippen LogP contribution in [0.15, 0.2) is 42.5 Å². The summed E-state index contributed by atoms with van der Waals surface area (Å²) in [7, 11) is 0. The van der Waals surface area contributed by atoms with Crippen molar-refractivity contribution in [1.82, 2.24) is 0 Å². The minimum Gasteiger partial charge on any atom is -1.00 e. The lowest BCUT2D eigenvalue weighted by atomic mass is 10.1. The Morgan fingerprint density at radius 1 is 0.917 bits per heavy atom. The maximum atomic E-state index is 12.2. The van der Waals surface area contributed by atoms with E-state index in [1.165, 1.54) is 5.69 Å². The van der Waals surface area contributed by atoms with Crippen molar-refractivity contribution in [1.29, 1.82) is 0 Å². The Morgan fingerprint density at radius 3 is 2.04 bits per heavy atom. The molecule has 4 nitrogen and oxygen atoms in total. The van der Waals surface area contributed by atoms with Gasteiger partial charge in [-0.05, 0) is 63.1 Å². The van der Waals surface area contributed by atoms with E-state index in [0.29, 0.717) is 0 Å². The number of aryl methyl sites for hydroxylation is 2. The molecule has 5 heteroatoms. The summed E-state index contributed by atoms with van der Waals surface area (Å²) in [6, 6.07) is 13.6. The lowest BCUT2D eigenvalue weighted by Gasteiger charge is -2.22. The molecule has 0 saturated carbocycles. The van der Waals surface area contributed by atoms with Crippen molar-refractivity contribution in [2.45, 2.75) is 27.7 Å². The number of urea groups is 1. The quantitative estimate of drug-likeness (QED) is 0.867. The zero-order chi connectivity index (χ0) is 16.8. The average molecular weight is 347 g/mol. The van der Waals surface area contributed by atoms with Crippen LogP contribution in [0.2, 0.25) is 0 Å². The molecule has 2 aromatic carbocycles. The van der Waals surface area contributed by atoms with E-state index in [1.807, 2.05) is 50.2 Å². The normalized spacial score (nSPS) is 9.83. The Bertz CT molecular complexity index is 684. The van der Waals surface area contributed by atoms with Crippen LogP contribution in [0.1, 0.15) is 25.0 Å². The zero-order valence-corrected chi connectivity index (χ0v) is 15.4. The number of anilines is 3. The molecule has 130 valence electrons. The van der Waals surface area contributed by atoms with E-state index in [2.05, 4.69) is 35.4 Å². The Balaban J connectivity index is 0.00000288. The number of carbonyl (C=O) groups excluding carboxylic acids is 1. The van der Waals surface area contributed by atoms with Gasteiger partial charge in [0.15, 0.2) is 0 Å². The van der Waals surface area contributed by atoms with Crippen LogP contribution in [0.3, 0.4) is 0 Å². The molecule has 2 amide bonds. The van der Waals surface area contributed by atoms with Crippen LogP contribution in [-0.4, -0.2) is 19.1 Å².